The summed E-state index contributed by atoms with van der Waals surface area (Å²) in [5.74, 6) is 0.975. The van der Waals surface area contributed by atoms with Crippen molar-refractivity contribution in [3.8, 4) is 0 Å². The molecule has 2 heteroatoms. The van der Waals surface area contributed by atoms with Crippen LogP contribution in [0, 0.1) is 5.41 Å². The highest BCUT2D eigenvalue weighted by Gasteiger charge is 2.33. The van der Waals surface area contributed by atoms with Gasteiger partial charge in [-0.2, -0.15) is 12.6 Å². The Hall–Kier alpha value is 0.310. The van der Waals surface area contributed by atoms with Crippen molar-refractivity contribution in [2.75, 3.05) is 12.4 Å². The molecule has 1 aliphatic carbocycles. The molecule has 0 aromatic carbocycles. The Morgan fingerprint density at radius 3 is 2.15 bits per heavy atom. The zero-order valence-electron chi connectivity index (χ0n) is 9.10. The minimum Gasteiger partial charge on any atom is -0.375 e. The summed E-state index contributed by atoms with van der Waals surface area (Å²) < 4.78 is 5.86. The van der Waals surface area contributed by atoms with Crippen molar-refractivity contribution in [1.82, 2.24) is 0 Å². The van der Waals surface area contributed by atoms with Gasteiger partial charge in [-0.05, 0) is 39.4 Å². The highest BCUT2D eigenvalue weighted by atomic mass is 32.1. The van der Waals surface area contributed by atoms with Crippen molar-refractivity contribution in [1.29, 1.82) is 0 Å². The molecule has 0 spiro atoms. The molecule has 0 heterocycles. The van der Waals surface area contributed by atoms with Gasteiger partial charge in [-0.15, -0.1) is 0 Å². The van der Waals surface area contributed by atoms with Gasteiger partial charge in [-0.25, -0.2) is 0 Å². The standard InChI is InChI=1S/C11H22OS/c1-10(2,3)12-8-11(9-13)6-4-5-7-11/h13H,4-9H2,1-3H3. The van der Waals surface area contributed by atoms with Gasteiger partial charge in [0.1, 0.15) is 0 Å². The van der Waals surface area contributed by atoms with E-state index in [1.165, 1.54) is 25.7 Å². The molecule has 1 nitrogen and oxygen atoms in total. The summed E-state index contributed by atoms with van der Waals surface area (Å²) in [5, 5.41) is 0. The molecule has 0 aromatic rings. The van der Waals surface area contributed by atoms with Crippen molar-refractivity contribution in [2.24, 2.45) is 5.41 Å². The van der Waals surface area contributed by atoms with E-state index in [2.05, 4.69) is 33.4 Å². The van der Waals surface area contributed by atoms with Crippen molar-refractivity contribution in [2.45, 2.75) is 52.1 Å². The van der Waals surface area contributed by atoms with Crippen LogP contribution in [-0.2, 0) is 4.74 Å². The highest BCUT2D eigenvalue weighted by Crippen LogP contribution is 2.39. The van der Waals surface area contributed by atoms with Crippen LogP contribution in [0.2, 0.25) is 0 Å². The monoisotopic (exact) mass is 202 g/mol. The van der Waals surface area contributed by atoms with Crippen LogP contribution in [0.25, 0.3) is 0 Å². The average Bonchev–Trinajstić information content (AvgIpc) is 2.49. The average molecular weight is 202 g/mol. The Kier molecular flexibility index (Phi) is 3.70. The van der Waals surface area contributed by atoms with E-state index in [9.17, 15) is 0 Å². The molecule has 78 valence electrons. The Balaban J connectivity index is 2.40. The van der Waals surface area contributed by atoms with Crippen molar-refractivity contribution < 1.29 is 4.74 Å². The topological polar surface area (TPSA) is 9.23 Å². The van der Waals surface area contributed by atoms with Crippen molar-refractivity contribution in [3.63, 3.8) is 0 Å². The highest BCUT2D eigenvalue weighted by molar-refractivity contribution is 7.80. The molecular weight excluding hydrogens is 180 g/mol. The second kappa shape index (κ2) is 4.22. The van der Waals surface area contributed by atoms with Crippen LogP contribution < -0.4 is 0 Å². The lowest BCUT2D eigenvalue weighted by Gasteiger charge is -2.31. The molecule has 1 rings (SSSR count). The minimum absolute atomic E-state index is 0.00145. The molecule has 0 N–H and O–H groups in total. The molecule has 0 saturated heterocycles. The van der Waals surface area contributed by atoms with Crippen LogP contribution in [0.1, 0.15) is 46.5 Å². The second-order valence-electron chi connectivity index (χ2n) is 5.27. The normalized spacial score (nSPS) is 22.2. The number of rotatable bonds is 3. The molecule has 0 amide bonds. The van der Waals surface area contributed by atoms with Gasteiger partial charge in [0.15, 0.2) is 0 Å². The molecule has 0 bridgehead atoms. The maximum atomic E-state index is 5.86. The third-order valence-corrected chi connectivity index (χ3v) is 3.48. The first-order valence-corrected chi connectivity index (χ1v) is 5.86. The van der Waals surface area contributed by atoms with Gasteiger partial charge in [0.2, 0.25) is 0 Å². The van der Waals surface area contributed by atoms with Gasteiger partial charge in [0, 0.05) is 5.41 Å². The zero-order valence-corrected chi connectivity index (χ0v) is 9.99. The smallest absolute Gasteiger partial charge is 0.0598 e. The molecule has 0 atom stereocenters. The molecule has 13 heavy (non-hydrogen) atoms. The molecule has 0 aromatic heterocycles. The summed E-state index contributed by atoms with van der Waals surface area (Å²) in [6, 6.07) is 0. The number of hydrogen-bond donors (Lipinski definition) is 1. The predicted molar refractivity (Wildman–Crippen MR) is 60.5 cm³/mol. The third-order valence-electron chi connectivity index (χ3n) is 2.81. The van der Waals surface area contributed by atoms with Crippen LogP contribution in [0.3, 0.4) is 0 Å². The summed E-state index contributed by atoms with van der Waals surface area (Å²) >= 11 is 4.45. The van der Waals surface area contributed by atoms with E-state index in [0.717, 1.165) is 12.4 Å². The van der Waals surface area contributed by atoms with E-state index >= 15 is 0 Å². The molecule has 1 aliphatic rings. The largest absolute Gasteiger partial charge is 0.375 e. The SMILES string of the molecule is CC(C)(C)OCC1(CS)CCCC1. The Morgan fingerprint density at radius 2 is 1.77 bits per heavy atom. The van der Waals surface area contributed by atoms with Gasteiger partial charge in [-0.1, -0.05) is 12.8 Å². The van der Waals surface area contributed by atoms with E-state index < -0.39 is 0 Å². The summed E-state index contributed by atoms with van der Waals surface area (Å²) in [6.45, 7) is 7.25. The van der Waals surface area contributed by atoms with E-state index in [-0.39, 0.29) is 5.60 Å². The second-order valence-corrected chi connectivity index (χ2v) is 5.58. The van der Waals surface area contributed by atoms with Crippen LogP contribution in [0.5, 0.6) is 0 Å². The molecular formula is C11H22OS. The minimum atomic E-state index is -0.00145. The van der Waals surface area contributed by atoms with Gasteiger partial charge in [0.25, 0.3) is 0 Å². The van der Waals surface area contributed by atoms with Crippen LogP contribution in [-0.4, -0.2) is 18.0 Å². The van der Waals surface area contributed by atoms with Gasteiger partial charge >= 0.3 is 0 Å². The number of hydrogen-bond acceptors (Lipinski definition) is 2. The molecule has 1 fully saturated rings. The van der Waals surface area contributed by atoms with E-state index in [1.807, 2.05) is 0 Å². The first-order chi connectivity index (χ1) is 5.97. The third kappa shape index (κ3) is 3.51. The van der Waals surface area contributed by atoms with Gasteiger partial charge in [-0.3, -0.25) is 0 Å². The summed E-state index contributed by atoms with van der Waals surface area (Å²) in [7, 11) is 0. The summed E-state index contributed by atoms with van der Waals surface area (Å²) in [5.41, 5.74) is 0.384. The lowest BCUT2D eigenvalue weighted by molar-refractivity contribution is -0.0443. The molecule has 0 radical (unpaired) electrons. The first-order valence-electron chi connectivity index (χ1n) is 5.22. The van der Waals surface area contributed by atoms with Crippen molar-refractivity contribution in [3.05, 3.63) is 0 Å². The fourth-order valence-electron chi connectivity index (χ4n) is 1.84. The fourth-order valence-corrected chi connectivity index (χ4v) is 2.25. The van der Waals surface area contributed by atoms with Crippen LogP contribution in [0.15, 0.2) is 0 Å². The predicted octanol–water partition coefficient (Wildman–Crippen LogP) is 3.29. The number of ether oxygens (including phenoxy) is 1. The summed E-state index contributed by atoms with van der Waals surface area (Å²) in [6.07, 6.45) is 5.31. The maximum Gasteiger partial charge on any atom is 0.0598 e. The van der Waals surface area contributed by atoms with E-state index in [0.29, 0.717) is 5.41 Å². The maximum absolute atomic E-state index is 5.86. The quantitative estimate of drug-likeness (QED) is 0.691. The van der Waals surface area contributed by atoms with Gasteiger partial charge < -0.3 is 4.74 Å². The Bertz CT molecular complexity index is 154. The Labute approximate surface area is 87.7 Å². The number of thiol groups is 1. The molecule has 0 unspecified atom stereocenters. The zero-order chi connectivity index (χ0) is 9.95. The van der Waals surface area contributed by atoms with E-state index in [1.54, 1.807) is 0 Å². The van der Waals surface area contributed by atoms with Gasteiger partial charge in [0.05, 0.1) is 12.2 Å². The van der Waals surface area contributed by atoms with Crippen LogP contribution >= 0.6 is 12.6 Å². The Morgan fingerprint density at radius 1 is 1.23 bits per heavy atom. The van der Waals surface area contributed by atoms with Crippen LogP contribution in [0.4, 0.5) is 0 Å². The lowest BCUT2D eigenvalue weighted by Crippen LogP contribution is -2.31. The summed E-state index contributed by atoms with van der Waals surface area (Å²) in [4.78, 5) is 0. The fraction of sp³-hybridized carbons (Fsp3) is 1.00. The van der Waals surface area contributed by atoms with E-state index in [4.69, 9.17) is 4.74 Å². The molecule has 1 saturated carbocycles. The van der Waals surface area contributed by atoms with Crippen molar-refractivity contribution >= 4 is 12.6 Å². The molecule has 0 aliphatic heterocycles. The first kappa shape index (κ1) is 11.4. The lowest BCUT2D eigenvalue weighted by atomic mass is 9.89.